The summed E-state index contributed by atoms with van der Waals surface area (Å²) in [6.07, 6.45) is 12.9. The Kier molecular flexibility index (Phi) is 10.8. The number of amides is 1. The summed E-state index contributed by atoms with van der Waals surface area (Å²) in [4.78, 5) is 26.4. The number of imidazole rings is 1. The molecule has 9 nitrogen and oxygen atoms in total. The van der Waals surface area contributed by atoms with Crippen molar-refractivity contribution in [2.24, 2.45) is 5.92 Å². The molecule has 1 saturated carbocycles. The van der Waals surface area contributed by atoms with Crippen molar-refractivity contribution in [2.45, 2.75) is 84.5 Å². The van der Waals surface area contributed by atoms with Gasteiger partial charge in [0.05, 0.1) is 18.4 Å². The van der Waals surface area contributed by atoms with E-state index >= 15 is 0 Å². The number of hydrogen-bond donors (Lipinski definition) is 2. The van der Waals surface area contributed by atoms with Gasteiger partial charge in [-0.15, -0.1) is 0 Å². The number of ether oxygens (including phenoxy) is 2. The van der Waals surface area contributed by atoms with E-state index < -0.39 is 6.04 Å². The van der Waals surface area contributed by atoms with Crippen LogP contribution in [0, 0.1) is 5.92 Å². The zero-order chi connectivity index (χ0) is 24.2. The molecule has 1 aliphatic carbocycles. The Bertz CT molecular complexity index is 852. The highest BCUT2D eigenvalue weighted by molar-refractivity contribution is 5.84. The molecule has 188 valence electrons. The Balaban J connectivity index is 1.71. The molecule has 1 fully saturated rings. The molecule has 1 atom stereocenters. The SMILES string of the molecule is CCOCCCNC(=O)C(CC(C)C)Nc1cc(COC2CCCCC2)nc(-n2ccnc2)n1. The van der Waals surface area contributed by atoms with Gasteiger partial charge in [-0.3, -0.25) is 9.36 Å². The lowest BCUT2D eigenvalue weighted by Crippen LogP contribution is -2.41. The van der Waals surface area contributed by atoms with Crippen molar-refractivity contribution in [3.8, 4) is 5.95 Å². The summed E-state index contributed by atoms with van der Waals surface area (Å²) in [5, 5.41) is 6.39. The first-order valence-electron chi connectivity index (χ1n) is 12.6. The number of aromatic nitrogens is 4. The maximum absolute atomic E-state index is 12.9. The van der Waals surface area contributed by atoms with Gasteiger partial charge in [0.25, 0.3) is 0 Å². The average Bonchev–Trinajstić information content (AvgIpc) is 3.38. The van der Waals surface area contributed by atoms with Crippen LogP contribution in [0.3, 0.4) is 0 Å². The Morgan fingerprint density at radius 3 is 2.76 bits per heavy atom. The molecule has 0 aliphatic heterocycles. The van der Waals surface area contributed by atoms with Crippen molar-refractivity contribution in [1.82, 2.24) is 24.8 Å². The van der Waals surface area contributed by atoms with Gasteiger partial charge < -0.3 is 20.1 Å². The van der Waals surface area contributed by atoms with Crippen LogP contribution in [0.1, 0.15) is 71.4 Å². The normalized spacial score (nSPS) is 15.4. The molecular weight excluding hydrogens is 432 g/mol. The summed E-state index contributed by atoms with van der Waals surface area (Å²) in [6, 6.07) is 1.49. The van der Waals surface area contributed by atoms with E-state index in [-0.39, 0.29) is 12.0 Å². The van der Waals surface area contributed by atoms with Crippen LogP contribution in [0.2, 0.25) is 0 Å². The summed E-state index contributed by atoms with van der Waals surface area (Å²) in [5.41, 5.74) is 0.784. The second-order valence-corrected chi connectivity index (χ2v) is 9.25. The van der Waals surface area contributed by atoms with Gasteiger partial charge >= 0.3 is 0 Å². The molecule has 2 N–H and O–H groups in total. The highest BCUT2D eigenvalue weighted by Gasteiger charge is 2.21. The van der Waals surface area contributed by atoms with E-state index in [1.807, 2.05) is 19.2 Å². The summed E-state index contributed by atoms with van der Waals surface area (Å²) >= 11 is 0. The van der Waals surface area contributed by atoms with Gasteiger partial charge in [0.2, 0.25) is 11.9 Å². The van der Waals surface area contributed by atoms with Crippen molar-refractivity contribution in [1.29, 1.82) is 0 Å². The van der Waals surface area contributed by atoms with Crippen LogP contribution in [0.5, 0.6) is 0 Å². The number of rotatable bonds is 14. The third kappa shape index (κ3) is 8.68. The van der Waals surface area contributed by atoms with Gasteiger partial charge in [0.15, 0.2) is 0 Å². The van der Waals surface area contributed by atoms with E-state index in [1.165, 1.54) is 19.3 Å². The summed E-state index contributed by atoms with van der Waals surface area (Å²) in [5.74, 6) is 1.42. The minimum atomic E-state index is -0.398. The molecule has 0 spiro atoms. The van der Waals surface area contributed by atoms with Crippen LogP contribution < -0.4 is 10.6 Å². The van der Waals surface area contributed by atoms with Crippen LogP contribution in [-0.2, 0) is 20.9 Å². The van der Waals surface area contributed by atoms with Crippen molar-refractivity contribution < 1.29 is 14.3 Å². The zero-order valence-electron chi connectivity index (χ0n) is 20.8. The third-order valence-electron chi connectivity index (χ3n) is 5.84. The topological polar surface area (TPSA) is 103 Å². The Morgan fingerprint density at radius 1 is 1.24 bits per heavy atom. The number of carbonyl (C=O) groups is 1. The quantitative estimate of drug-likeness (QED) is 0.402. The summed E-state index contributed by atoms with van der Waals surface area (Å²) in [6.45, 7) is 8.51. The molecule has 0 saturated heterocycles. The fourth-order valence-corrected chi connectivity index (χ4v) is 4.09. The number of carbonyl (C=O) groups excluding carboxylic acids is 1. The highest BCUT2D eigenvalue weighted by Crippen LogP contribution is 2.22. The van der Waals surface area contributed by atoms with E-state index in [9.17, 15) is 4.79 Å². The van der Waals surface area contributed by atoms with Crippen LogP contribution in [-0.4, -0.2) is 57.3 Å². The number of anilines is 1. The molecule has 0 bridgehead atoms. The van der Waals surface area contributed by atoms with Gasteiger partial charge in [-0.05, 0) is 38.5 Å². The predicted octanol–water partition coefficient (Wildman–Crippen LogP) is 3.88. The number of nitrogens with zero attached hydrogens (tertiary/aromatic N) is 4. The molecule has 0 aromatic carbocycles. The minimum Gasteiger partial charge on any atom is -0.382 e. The third-order valence-corrected chi connectivity index (χ3v) is 5.84. The van der Waals surface area contributed by atoms with Crippen LogP contribution in [0.25, 0.3) is 5.95 Å². The lowest BCUT2D eigenvalue weighted by atomic mass is 9.98. The molecule has 2 heterocycles. The summed E-state index contributed by atoms with van der Waals surface area (Å²) in [7, 11) is 0. The molecule has 0 radical (unpaired) electrons. The second kappa shape index (κ2) is 14.0. The van der Waals surface area contributed by atoms with E-state index in [1.54, 1.807) is 17.1 Å². The molecule has 3 rings (SSSR count). The Hall–Kier alpha value is -2.52. The molecule has 2 aromatic rings. The molecule has 1 unspecified atom stereocenters. The van der Waals surface area contributed by atoms with E-state index in [2.05, 4.69) is 39.4 Å². The first-order chi connectivity index (χ1) is 16.5. The second-order valence-electron chi connectivity index (χ2n) is 9.25. The molecule has 1 amide bonds. The average molecular weight is 473 g/mol. The maximum atomic E-state index is 12.9. The molecule has 2 aromatic heterocycles. The zero-order valence-corrected chi connectivity index (χ0v) is 20.8. The lowest BCUT2D eigenvalue weighted by molar-refractivity contribution is -0.122. The molecular formula is C25H40N6O3. The van der Waals surface area contributed by atoms with Crippen molar-refractivity contribution >= 4 is 11.7 Å². The maximum Gasteiger partial charge on any atom is 0.242 e. The van der Waals surface area contributed by atoms with Gasteiger partial charge in [-0.25, -0.2) is 9.97 Å². The molecule has 9 heteroatoms. The Labute approximate surface area is 203 Å². The van der Waals surface area contributed by atoms with Crippen molar-refractivity contribution in [3.63, 3.8) is 0 Å². The monoisotopic (exact) mass is 472 g/mol. The number of hydrogen-bond acceptors (Lipinski definition) is 7. The molecule has 34 heavy (non-hydrogen) atoms. The first-order valence-corrected chi connectivity index (χ1v) is 12.6. The van der Waals surface area contributed by atoms with Crippen LogP contribution in [0.4, 0.5) is 5.82 Å². The predicted molar refractivity (Wildman–Crippen MR) is 132 cm³/mol. The van der Waals surface area contributed by atoms with Gasteiger partial charge in [0, 0.05) is 38.2 Å². The lowest BCUT2D eigenvalue weighted by Gasteiger charge is -2.23. The van der Waals surface area contributed by atoms with E-state index in [0.29, 0.717) is 50.5 Å². The fraction of sp³-hybridized carbons (Fsp3) is 0.680. The molecule has 1 aliphatic rings. The first kappa shape index (κ1) is 26.1. The van der Waals surface area contributed by atoms with E-state index in [4.69, 9.17) is 9.47 Å². The summed E-state index contributed by atoms with van der Waals surface area (Å²) < 4.78 is 13.3. The number of nitrogens with one attached hydrogen (secondary N) is 2. The van der Waals surface area contributed by atoms with Crippen molar-refractivity contribution in [2.75, 3.05) is 25.1 Å². The smallest absolute Gasteiger partial charge is 0.242 e. The van der Waals surface area contributed by atoms with Gasteiger partial charge in [-0.2, -0.15) is 4.98 Å². The van der Waals surface area contributed by atoms with Gasteiger partial charge in [-0.1, -0.05) is 33.1 Å². The highest BCUT2D eigenvalue weighted by atomic mass is 16.5. The standard InChI is InChI=1S/C25H40N6O3/c1-4-33-14-8-11-27-24(32)22(15-19(2)3)29-23-16-20(17-34-21-9-6-5-7-10-21)28-25(30-23)31-13-12-26-18-31/h12-13,16,18-19,21-22H,4-11,14-15,17H2,1-3H3,(H,27,32)(H,28,29,30). The largest absolute Gasteiger partial charge is 0.382 e. The van der Waals surface area contributed by atoms with Crippen LogP contribution >= 0.6 is 0 Å². The van der Waals surface area contributed by atoms with E-state index in [0.717, 1.165) is 25.0 Å². The minimum absolute atomic E-state index is 0.0343. The Morgan fingerprint density at radius 2 is 2.06 bits per heavy atom. The van der Waals surface area contributed by atoms with Gasteiger partial charge in [0.1, 0.15) is 18.2 Å². The van der Waals surface area contributed by atoms with Crippen LogP contribution in [0.15, 0.2) is 24.8 Å². The van der Waals surface area contributed by atoms with Crippen molar-refractivity contribution in [3.05, 3.63) is 30.5 Å². The fourth-order valence-electron chi connectivity index (χ4n) is 4.09.